The molecule has 0 bridgehead atoms. The van der Waals surface area contributed by atoms with Crippen molar-refractivity contribution in [2.45, 2.75) is 23.8 Å². The molecule has 0 saturated carbocycles. The van der Waals surface area contributed by atoms with Gasteiger partial charge in [0.25, 0.3) is 0 Å². The highest BCUT2D eigenvalue weighted by Crippen LogP contribution is 2.33. The quantitative estimate of drug-likeness (QED) is 0.232. The highest BCUT2D eigenvalue weighted by atomic mass is 35.5. The SMILES string of the molecule is CCOC(=O)/C(N=N)=C(\O)c1cc(F)c(Sc2ccc(C)cc2)nc1Cl. The number of aliphatic hydroxyl groups is 1. The van der Waals surface area contributed by atoms with Gasteiger partial charge in [-0.1, -0.05) is 41.1 Å². The molecule has 1 aromatic carbocycles. The van der Waals surface area contributed by atoms with Crippen molar-refractivity contribution in [3.05, 3.63) is 58.1 Å². The van der Waals surface area contributed by atoms with Gasteiger partial charge in [0.05, 0.1) is 12.2 Å². The van der Waals surface area contributed by atoms with E-state index in [4.69, 9.17) is 17.1 Å². The van der Waals surface area contributed by atoms with Crippen LogP contribution in [0.15, 0.2) is 51.1 Å². The Kier molecular flexibility index (Phi) is 6.70. The second-order valence-electron chi connectivity index (χ2n) is 5.06. The molecule has 0 aliphatic rings. The van der Waals surface area contributed by atoms with Crippen LogP contribution in [-0.4, -0.2) is 22.7 Å². The number of aliphatic hydroxyl groups excluding tert-OH is 1. The fraction of sp³-hybridized carbons (Fsp3) is 0.176. The van der Waals surface area contributed by atoms with E-state index in [2.05, 4.69) is 14.8 Å². The number of aromatic nitrogens is 1. The number of hydrogen-bond donors (Lipinski definition) is 2. The molecule has 1 aromatic heterocycles. The highest BCUT2D eigenvalue weighted by Gasteiger charge is 2.22. The first-order chi connectivity index (χ1) is 12.4. The number of halogens is 2. The minimum Gasteiger partial charge on any atom is -0.505 e. The summed E-state index contributed by atoms with van der Waals surface area (Å²) in [6.45, 7) is 3.52. The van der Waals surface area contributed by atoms with Crippen LogP contribution in [0.4, 0.5) is 4.39 Å². The van der Waals surface area contributed by atoms with E-state index in [0.717, 1.165) is 28.3 Å². The molecule has 0 fully saturated rings. The fourth-order valence-electron chi connectivity index (χ4n) is 1.93. The summed E-state index contributed by atoms with van der Waals surface area (Å²) >= 11 is 7.10. The molecule has 2 aromatic rings. The maximum atomic E-state index is 14.4. The van der Waals surface area contributed by atoms with Crippen molar-refractivity contribution >= 4 is 35.1 Å². The van der Waals surface area contributed by atoms with Crippen molar-refractivity contribution in [1.29, 1.82) is 5.53 Å². The van der Waals surface area contributed by atoms with E-state index in [9.17, 15) is 14.3 Å². The van der Waals surface area contributed by atoms with Crippen molar-refractivity contribution in [3.8, 4) is 0 Å². The first-order valence-electron chi connectivity index (χ1n) is 7.46. The Bertz CT molecular complexity index is 872. The van der Waals surface area contributed by atoms with Gasteiger partial charge >= 0.3 is 5.97 Å². The van der Waals surface area contributed by atoms with Crippen LogP contribution in [0.2, 0.25) is 5.15 Å². The van der Waals surface area contributed by atoms with Crippen LogP contribution in [0.5, 0.6) is 0 Å². The smallest absolute Gasteiger partial charge is 0.362 e. The number of rotatable bonds is 6. The topological polar surface area (TPSA) is 95.6 Å². The molecule has 2 N–H and O–H groups in total. The normalized spacial score (nSPS) is 11.7. The van der Waals surface area contributed by atoms with E-state index in [0.29, 0.717) is 0 Å². The van der Waals surface area contributed by atoms with Crippen LogP contribution in [0, 0.1) is 18.3 Å². The Morgan fingerprint density at radius 3 is 2.65 bits per heavy atom. The summed E-state index contributed by atoms with van der Waals surface area (Å²) in [4.78, 5) is 16.4. The lowest BCUT2D eigenvalue weighted by atomic mass is 10.2. The van der Waals surface area contributed by atoms with Gasteiger partial charge in [0.15, 0.2) is 11.6 Å². The number of pyridine rings is 1. The number of hydrogen-bond acceptors (Lipinski definition) is 7. The zero-order valence-electron chi connectivity index (χ0n) is 13.9. The summed E-state index contributed by atoms with van der Waals surface area (Å²) in [6.07, 6.45) is 0. The summed E-state index contributed by atoms with van der Waals surface area (Å²) in [6, 6.07) is 8.33. The number of nitrogens with zero attached hydrogens (tertiary/aromatic N) is 2. The Balaban J connectivity index is 2.40. The maximum Gasteiger partial charge on any atom is 0.362 e. The third kappa shape index (κ3) is 4.59. The number of carbonyl (C=O) groups excluding carboxylic acids is 1. The zero-order valence-corrected chi connectivity index (χ0v) is 15.5. The monoisotopic (exact) mass is 395 g/mol. The van der Waals surface area contributed by atoms with E-state index in [1.807, 2.05) is 31.2 Å². The maximum absolute atomic E-state index is 14.4. The highest BCUT2D eigenvalue weighted by molar-refractivity contribution is 7.99. The molecule has 0 unspecified atom stereocenters. The fourth-order valence-corrected chi connectivity index (χ4v) is 3.00. The largest absolute Gasteiger partial charge is 0.505 e. The first-order valence-corrected chi connectivity index (χ1v) is 8.65. The van der Waals surface area contributed by atoms with Gasteiger partial charge in [0, 0.05) is 4.90 Å². The summed E-state index contributed by atoms with van der Waals surface area (Å²) in [5.74, 6) is -2.54. The molecule has 0 atom stereocenters. The molecule has 1 heterocycles. The second-order valence-corrected chi connectivity index (χ2v) is 6.48. The third-order valence-corrected chi connectivity index (χ3v) is 4.47. The summed E-state index contributed by atoms with van der Waals surface area (Å²) in [5.41, 5.74) is 7.15. The van der Waals surface area contributed by atoms with Gasteiger partial charge in [-0.3, -0.25) is 0 Å². The van der Waals surface area contributed by atoms with Crippen molar-refractivity contribution in [3.63, 3.8) is 0 Å². The molecule has 0 aliphatic heterocycles. The standard InChI is InChI=1S/C17H15ClFN3O3S/c1-3-25-17(24)13(22-20)14(23)11-8-12(19)16(21-15(11)18)26-10-6-4-9(2)5-7-10/h4-8,20,23H,3H2,1-2H3/b14-13+,22-20?. The van der Waals surface area contributed by atoms with Gasteiger partial charge in [0.1, 0.15) is 10.2 Å². The van der Waals surface area contributed by atoms with Crippen LogP contribution in [-0.2, 0) is 9.53 Å². The van der Waals surface area contributed by atoms with E-state index in [-0.39, 0.29) is 22.3 Å². The van der Waals surface area contributed by atoms with Crippen molar-refractivity contribution in [2.24, 2.45) is 5.11 Å². The summed E-state index contributed by atoms with van der Waals surface area (Å²) in [7, 11) is 0. The molecule has 2 rings (SSSR count). The number of benzene rings is 1. The number of nitrogens with one attached hydrogen (secondary N) is 1. The molecule has 0 aliphatic carbocycles. The van der Waals surface area contributed by atoms with E-state index in [1.165, 1.54) is 0 Å². The van der Waals surface area contributed by atoms with Crippen LogP contribution in [0.1, 0.15) is 18.1 Å². The van der Waals surface area contributed by atoms with E-state index in [1.54, 1.807) is 6.92 Å². The van der Waals surface area contributed by atoms with Crippen LogP contribution >= 0.6 is 23.4 Å². The number of ether oxygens (including phenoxy) is 1. The molecule has 6 nitrogen and oxygen atoms in total. The Morgan fingerprint density at radius 1 is 1.42 bits per heavy atom. The molecule has 0 spiro atoms. The van der Waals surface area contributed by atoms with Gasteiger partial charge < -0.3 is 9.84 Å². The number of carbonyl (C=O) groups is 1. The third-order valence-electron chi connectivity index (χ3n) is 3.19. The molecule has 0 saturated heterocycles. The number of esters is 1. The molecular formula is C17H15ClFN3O3S. The second kappa shape index (κ2) is 8.77. The Labute approximate surface area is 158 Å². The van der Waals surface area contributed by atoms with Gasteiger partial charge in [-0.05, 0) is 32.0 Å². The van der Waals surface area contributed by atoms with Crippen LogP contribution < -0.4 is 0 Å². The van der Waals surface area contributed by atoms with E-state index < -0.39 is 23.2 Å². The van der Waals surface area contributed by atoms with Crippen molar-refractivity contribution < 1.29 is 19.0 Å². The Morgan fingerprint density at radius 2 is 2.08 bits per heavy atom. The lowest BCUT2D eigenvalue weighted by Crippen LogP contribution is -2.09. The van der Waals surface area contributed by atoms with Gasteiger partial charge in [-0.15, -0.1) is 5.11 Å². The van der Waals surface area contributed by atoms with Crippen LogP contribution in [0.3, 0.4) is 0 Å². The predicted octanol–water partition coefficient (Wildman–Crippen LogP) is 5.15. The van der Waals surface area contributed by atoms with Gasteiger partial charge in [-0.25, -0.2) is 19.7 Å². The molecule has 136 valence electrons. The average molecular weight is 396 g/mol. The first kappa shape index (κ1) is 19.9. The lowest BCUT2D eigenvalue weighted by Gasteiger charge is -2.09. The molecular weight excluding hydrogens is 381 g/mol. The van der Waals surface area contributed by atoms with Gasteiger partial charge in [0.2, 0.25) is 5.70 Å². The molecule has 0 radical (unpaired) electrons. The number of aryl methyl sites for hydroxylation is 1. The summed E-state index contributed by atoms with van der Waals surface area (Å²) in [5, 5.41) is 12.9. The Hall–Kier alpha value is -2.45. The van der Waals surface area contributed by atoms with Crippen molar-refractivity contribution in [1.82, 2.24) is 4.98 Å². The average Bonchev–Trinajstić information content (AvgIpc) is 2.60. The molecule has 9 heteroatoms. The van der Waals surface area contributed by atoms with Crippen LogP contribution in [0.25, 0.3) is 5.76 Å². The predicted molar refractivity (Wildman–Crippen MR) is 95.8 cm³/mol. The minimum atomic E-state index is -1.02. The zero-order chi connectivity index (χ0) is 19.3. The molecule has 0 amide bonds. The minimum absolute atomic E-state index is 0.0101. The molecule has 26 heavy (non-hydrogen) atoms. The van der Waals surface area contributed by atoms with Gasteiger partial charge in [-0.2, -0.15) is 0 Å². The van der Waals surface area contributed by atoms with E-state index >= 15 is 0 Å². The lowest BCUT2D eigenvalue weighted by molar-refractivity contribution is -0.138. The van der Waals surface area contributed by atoms with Crippen molar-refractivity contribution in [2.75, 3.05) is 6.61 Å². The summed E-state index contributed by atoms with van der Waals surface area (Å²) < 4.78 is 19.1.